The van der Waals surface area contributed by atoms with E-state index in [4.69, 9.17) is 0 Å². The molecule has 1 aromatic carbocycles. The molecule has 0 bridgehead atoms. The molecule has 2 N–H and O–H groups in total. The molecule has 0 saturated heterocycles. The third-order valence-electron chi connectivity index (χ3n) is 3.82. The first-order valence-corrected chi connectivity index (χ1v) is 8.13. The highest BCUT2D eigenvalue weighted by molar-refractivity contribution is 5.84. The topological polar surface area (TPSA) is 63.2 Å². The summed E-state index contributed by atoms with van der Waals surface area (Å²) in [7, 11) is 1.33. The number of anilines is 3. The number of carbonyl (C=O) groups excluding carboxylic acids is 1. The Balaban J connectivity index is 2.28. The maximum Gasteiger partial charge on any atom is 0.411 e. The highest BCUT2D eigenvalue weighted by Gasteiger charge is 2.14. The van der Waals surface area contributed by atoms with Crippen molar-refractivity contribution in [1.29, 1.82) is 0 Å². The van der Waals surface area contributed by atoms with Gasteiger partial charge in [0.1, 0.15) is 5.82 Å². The lowest BCUT2D eigenvalue weighted by molar-refractivity contribution is 0.187. The smallest absolute Gasteiger partial charge is 0.411 e. The van der Waals surface area contributed by atoms with Crippen molar-refractivity contribution in [1.82, 2.24) is 4.98 Å². The molecule has 0 aliphatic carbocycles. The summed E-state index contributed by atoms with van der Waals surface area (Å²) in [5.41, 5.74) is 4.23. The SMILES string of the molecule is COC(=O)Nc1ccc(Nc2c(C(C)C)cccc2C(C)C)nc1. The van der Waals surface area contributed by atoms with Crippen molar-refractivity contribution in [2.45, 2.75) is 39.5 Å². The second-order valence-electron chi connectivity index (χ2n) is 6.29. The zero-order valence-corrected chi connectivity index (χ0v) is 14.9. The van der Waals surface area contributed by atoms with E-state index in [1.807, 2.05) is 6.07 Å². The number of ether oxygens (including phenoxy) is 1. The number of carbonyl (C=O) groups is 1. The first kappa shape index (κ1) is 17.8. The van der Waals surface area contributed by atoms with Gasteiger partial charge >= 0.3 is 6.09 Å². The molecule has 0 aliphatic rings. The van der Waals surface area contributed by atoms with Crippen LogP contribution < -0.4 is 10.6 Å². The van der Waals surface area contributed by atoms with E-state index in [1.54, 1.807) is 12.3 Å². The minimum Gasteiger partial charge on any atom is -0.453 e. The van der Waals surface area contributed by atoms with E-state index in [1.165, 1.54) is 18.2 Å². The van der Waals surface area contributed by atoms with Gasteiger partial charge in [0, 0.05) is 5.69 Å². The van der Waals surface area contributed by atoms with E-state index in [9.17, 15) is 4.79 Å². The third kappa shape index (κ3) is 4.25. The molecular weight excluding hydrogens is 302 g/mol. The van der Waals surface area contributed by atoms with E-state index in [2.05, 4.69) is 66.2 Å². The van der Waals surface area contributed by atoms with Crippen molar-refractivity contribution in [3.05, 3.63) is 47.7 Å². The number of rotatable bonds is 5. The van der Waals surface area contributed by atoms with Crippen molar-refractivity contribution in [3.63, 3.8) is 0 Å². The van der Waals surface area contributed by atoms with Gasteiger partial charge in [-0.25, -0.2) is 9.78 Å². The Hall–Kier alpha value is -2.56. The molecule has 0 fully saturated rings. The van der Waals surface area contributed by atoms with E-state index in [-0.39, 0.29) is 0 Å². The Morgan fingerprint density at radius 1 is 1.04 bits per heavy atom. The largest absolute Gasteiger partial charge is 0.453 e. The van der Waals surface area contributed by atoms with Crippen LogP contribution in [0.5, 0.6) is 0 Å². The average molecular weight is 327 g/mol. The Bertz CT molecular complexity index is 668. The van der Waals surface area contributed by atoms with E-state index in [0.29, 0.717) is 17.5 Å². The Kier molecular flexibility index (Phi) is 5.79. The van der Waals surface area contributed by atoms with Gasteiger partial charge in [0.25, 0.3) is 0 Å². The zero-order chi connectivity index (χ0) is 17.7. The lowest BCUT2D eigenvalue weighted by Crippen LogP contribution is -2.11. The third-order valence-corrected chi connectivity index (χ3v) is 3.82. The Morgan fingerprint density at radius 3 is 2.12 bits per heavy atom. The minimum absolute atomic E-state index is 0.409. The minimum atomic E-state index is -0.509. The van der Waals surface area contributed by atoms with Gasteiger partial charge in [-0.2, -0.15) is 0 Å². The average Bonchev–Trinajstić information content (AvgIpc) is 2.56. The molecule has 0 radical (unpaired) electrons. The van der Waals surface area contributed by atoms with E-state index in [0.717, 1.165) is 11.5 Å². The molecule has 0 atom stereocenters. The molecule has 5 nitrogen and oxygen atoms in total. The normalized spacial score (nSPS) is 10.8. The van der Waals surface area contributed by atoms with Crippen LogP contribution in [0.4, 0.5) is 22.0 Å². The van der Waals surface area contributed by atoms with Crippen LogP contribution in [0.2, 0.25) is 0 Å². The van der Waals surface area contributed by atoms with Crippen LogP contribution in [0.1, 0.15) is 50.7 Å². The molecule has 0 spiro atoms. The number of methoxy groups -OCH3 is 1. The first-order chi connectivity index (χ1) is 11.4. The standard InChI is InChI=1S/C19H25N3O2/c1-12(2)15-7-6-8-16(13(3)4)18(15)22-17-10-9-14(11-20-17)21-19(23)24-5/h6-13H,1-5H3,(H,20,22)(H,21,23). The molecule has 1 amide bonds. The summed E-state index contributed by atoms with van der Waals surface area (Å²) in [6, 6.07) is 10.0. The predicted octanol–water partition coefficient (Wildman–Crippen LogP) is 5.25. The van der Waals surface area contributed by atoms with Crippen LogP contribution in [-0.4, -0.2) is 18.2 Å². The van der Waals surface area contributed by atoms with E-state index < -0.39 is 6.09 Å². The summed E-state index contributed by atoms with van der Waals surface area (Å²) in [5.74, 6) is 1.55. The highest BCUT2D eigenvalue weighted by Crippen LogP contribution is 2.34. The second-order valence-corrected chi connectivity index (χ2v) is 6.29. The molecular formula is C19H25N3O2. The number of benzene rings is 1. The molecule has 1 aromatic heterocycles. The van der Waals surface area contributed by atoms with Crippen molar-refractivity contribution >= 4 is 23.3 Å². The lowest BCUT2D eigenvalue weighted by Gasteiger charge is -2.20. The highest BCUT2D eigenvalue weighted by atomic mass is 16.5. The van der Waals surface area contributed by atoms with Crippen molar-refractivity contribution < 1.29 is 9.53 Å². The molecule has 0 unspecified atom stereocenters. The molecule has 128 valence electrons. The lowest BCUT2D eigenvalue weighted by atomic mass is 9.92. The van der Waals surface area contributed by atoms with Gasteiger partial charge in [-0.3, -0.25) is 5.32 Å². The number of aromatic nitrogens is 1. The summed E-state index contributed by atoms with van der Waals surface area (Å²) in [6.45, 7) is 8.73. The van der Waals surface area contributed by atoms with Crippen LogP contribution in [0.3, 0.4) is 0 Å². The summed E-state index contributed by atoms with van der Waals surface area (Å²) in [6.07, 6.45) is 1.09. The second kappa shape index (κ2) is 7.81. The molecule has 0 saturated carbocycles. The van der Waals surface area contributed by atoms with Gasteiger partial charge in [-0.05, 0) is 35.1 Å². The first-order valence-electron chi connectivity index (χ1n) is 8.13. The Labute approximate surface area is 143 Å². The maximum absolute atomic E-state index is 11.2. The molecule has 2 rings (SSSR count). The maximum atomic E-state index is 11.2. The molecule has 24 heavy (non-hydrogen) atoms. The number of hydrogen-bond acceptors (Lipinski definition) is 4. The molecule has 5 heteroatoms. The van der Waals surface area contributed by atoms with Crippen LogP contribution in [0, 0.1) is 0 Å². The van der Waals surface area contributed by atoms with Gasteiger partial charge < -0.3 is 10.1 Å². The quantitative estimate of drug-likeness (QED) is 0.787. The van der Waals surface area contributed by atoms with Crippen LogP contribution in [0.25, 0.3) is 0 Å². The molecule has 2 aromatic rings. The fourth-order valence-corrected chi connectivity index (χ4v) is 2.53. The molecule has 0 aliphatic heterocycles. The zero-order valence-electron chi connectivity index (χ0n) is 14.9. The molecule has 1 heterocycles. The number of hydrogen-bond donors (Lipinski definition) is 2. The summed E-state index contributed by atoms with van der Waals surface area (Å²) in [5, 5.41) is 6.03. The summed E-state index contributed by atoms with van der Waals surface area (Å²) >= 11 is 0. The number of pyridine rings is 1. The van der Waals surface area contributed by atoms with E-state index >= 15 is 0 Å². The number of nitrogens with zero attached hydrogens (tertiary/aromatic N) is 1. The fraction of sp³-hybridized carbons (Fsp3) is 0.368. The van der Waals surface area contributed by atoms with Crippen molar-refractivity contribution in [3.8, 4) is 0 Å². The van der Waals surface area contributed by atoms with Crippen molar-refractivity contribution in [2.24, 2.45) is 0 Å². The van der Waals surface area contributed by atoms with Gasteiger partial charge in [0.05, 0.1) is 19.0 Å². The summed E-state index contributed by atoms with van der Waals surface area (Å²) in [4.78, 5) is 15.6. The van der Waals surface area contributed by atoms with Gasteiger partial charge in [0.2, 0.25) is 0 Å². The van der Waals surface area contributed by atoms with Gasteiger partial charge in [-0.1, -0.05) is 45.9 Å². The fourth-order valence-electron chi connectivity index (χ4n) is 2.53. The van der Waals surface area contributed by atoms with Gasteiger partial charge in [-0.15, -0.1) is 0 Å². The number of para-hydroxylation sites is 1. The van der Waals surface area contributed by atoms with Crippen LogP contribution >= 0.6 is 0 Å². The van der Waals surface area contributed by atoms with Crippen LogP contribution in [-0.2, 0) is 4.74 Å². The summed E-state index contributed by atoms with van der Waals surface area (Å²) < 4.78 is 4.57. The monoisotopic (exact) mass is 327 g/mol. The van der Waals surface area contributed by atoms with Gasteiger partial charge in [0.15, 0.2) is 0 Å². The van der Waals surface area contributed by atoms with Crippen molar-refractivity contribution in [2.75, 3.05) is 17.7 Å². The number of nitrogens with one attached hydrogen (secondary N) is 2. The predicted molar refractivity (Wildman–Crippen MR) is 98.2 cm³/mol. The Morgan fingerprint density at radius 2 is 1.67 bits per heavy atom. The van der Waals surface area contributed by atoms with Crippen LogP contribution in [0.15, 0.2) is 36.5 Å². The number of amides is 1.